The second-order valence-electron chi connectivity index (χ2n) is 6.90. The standard InChI is InChI=1S/C18H27N3O2S/c1-2-21-12-15(9-17(21)22)18(23)19-10-14-5-3-7-20(11-14)13-16-6-4-8-24-16/h4,6,8,14-15H,2-3,5,7,9-13H2,1H3,(H,19,23). The van der Waals surface area contributed by atoms with Crippen LogP contribution in [0, 0.1) is 11.8 Å². The first-order valence-corrected chi connectivity index (χ1v) is 9.84. The quantitative estimate of drug-likeness (QED) is 0.854. The fourth-order valence-corrected chi connectivity index (χ4v) is 4.47. The van der Waals surface area contributed by atoms with Crippen LogP contribution >= 0.6 is 11.3 Å². The van der Waals surface area contributed by atoms with E-state index >= 15 is 0 Å². The van der Waals surface area contributed by atoms with Crippen LogP contribution < -0.4 is 5.32 Å². The molecule has 24 heavy (non-hydrogen) atoms. The van der Waals surface area contributed by atoms with E-state index in [9.17, 15) is 9.59 Å². The molecule has 2 saturated heterocycles. The lowest BCUT2D eigenvalue weighted by molar-refractivity contribution is -0.128. The zero-order valence-electron chi connectivity index (χ0n) is 14.4. The molecule has 2 aliphatic rings. The molecule has 0 radical (unpaired) electrons. The van der Waals surface area contributed by atoms with Crippen LogP contribution in [0.3, 0.4) is 0 Å². The lowest BCUT2D eigenvalue weighted by atomic mass is 9.97. The van der Waals surface area contributed by atoms with E-state index in [1.807, 2.05) is 18.3 Å². The highest BCUT2D eigenvalue weighted by atomic mass is 32.1. The third-order valence-corrected chi connectivity index (χ3v) is 5.96. The van der Waals surface area contributed by atoms with Crippen molar-refractivity contribution in [3.63, 3.8) is 0 Å². The normalized spacial score (nSPS) is 25.2. The Morgan fingerprint density at radius 1 is 1.42 bits per heavy atom. The third-order valence-electron chi connectivity index (χ3n) is 5.09. The molecule has 0 aromatic carbocycles. The zero-order chi connectivity index (χ0) is 16.9. The minimum atomic E-state index is -0.164. The van der Waals surface area contributed by atoms with Crippen LogP contribution in [-0.4, -0.2) is 54.3 Å². The van der Waals surface area contributed by atoms with E-state index in [-0.39, 0.29) is 17.7 Å². The number of piperidine rings is 1. The van der Waals surface area contributed by atoms with Gasteiger partial charge >= 0.3 is 0 Å². The monoisotopic (exact) mass is 349 g/mol. The number of rotatable bonds is 6. The molecule has 2 fully saturated rings. The summed E-state index contributed by atoms with van der Waals surface area (Å²) in [5.41, 5.74) is 0. The van der Waals surface area contributed by atoms with Gasteiger partial charge in [0.1, 0.15) is 0 Å². The Morgan fingerprint density at radius 3 is 3.00 bits per heavy atom. The molecular weight excluding hydrogens is 322 g/mol. The number of nitrogens with zero attached hydrogens (tertiary/aromatic N) is 2. The lowest BCUT2D eigenvalue weighted by Gasteiger charge is -2.32. The van der Waals surface area contributed by atoms with Crippen molar-refractivity contribution in [3.05, 3.63) is 22.4 Å². The molecule has 0 saturated carbocycles. The molecule has 2 unspecified atom stereocenters. The van der Waals surface area contributed by atoms with Gasteiger partial charge in [-0.25, -0.2) is 0 Å². The van der Waals surface area contributed by atoms with Crippen LogP contribution in [0.2, 0.25) is 0 Å². The number of carbonyl (C=O) groups excluding carboxylic acids is 2. The van der Waals surface area contributed by atoms with Gasteiger partial charge in [-0.15, -0.1) is 11.3 Å². The molecule has 2 aliphatic heterocycles. The van der Waals surface area contributed by atoms with Crippen LogP contribution in [-0.2, 0) is 16.1 Å². The molecule has 3 heterocycles. The van der Waals surface area contributed by atoms with E-state index in [1.165, 1.54) is 17.7 Å². The SMILES string of the molecule is CCN1CC(C(=O)NCC2CCCN(Cc3cccs3)C2)CC1=O. The summed E-state index contributed by atoms with van der Waals surface area (Å²) >= 11 is 1.81. The van der Waals surface area contributed by atoms with E-state index in [4.69, 9.17) is 0 Å². The molecule has 1 aromatic rings. The average molecular weight is 350 g/mol. The number of hydrogen-bond acceptors (Lipinski definition) is 4. The predicted molar refractivity (Wildman–Crippen MR) is 95.7 cm³/mol. The molecule has 132 valence electrons. The molecule has 1 N–H and O–H groups in total. The maximum Gasteiger partial charge on any atom is 0.225 e. The number of carbonyl (C=O) groups is 2. The molecule has 0 aliphatic carbocycles. The first-order chi connectivity index (χ1) is 11.7. The third kappa shape index (κ3) is 4.36. The van der Waals surface area contributed by atoms with Crippen molar-refractivity contribution in [3.8, 4) is 0 Å². The van der Waals surface area contributed by atoms with Crippen molar-refractivity contribution in [1.82, 2.24) is 15.1 Å². The van der Waals surface area contributed by atoms with Crippen LogP contribution in [0.15, 0.2) is 17.5 Å². The van der Waals surface area contributed by atoms with Gasteiger partial charge in [0.25, 0.3) is 0 Å². The Bertz CT molecular complexity index is 561. The summed E-state index contributed by atoms with van der Waals surface area (Å²) < 4.78 is 0. The molecule has 0 spiro atoms. The van der Waals surface area contributed by atoms with Crippen molar-refractivity contribution < 1.29 is 9.59 Å². The van der Waals surface area contributed by atoms with E-state index in [0.29, 0.717) is 25.4 Å². The van der Waals surface area contributed by atoms with Gasteiger partial charge in [0.05, 0.1) is 5.92 Å². The fourth-order valence-electron chi connectivity index (χ4n) is 3.73. The van der Waals surface area contributed by atoms with Crippen molar-refractivity contribution >= 4 is 23.2 Å². The van der Waals surface area contributed by atoms with E-state index in [2.05, 4.69) is 27.7 Å². The number of thiophene rings is 1. The minimum absolute atomic E-state index is 0.0506. The number of amides is 2. The van der Waals surface area contributed by atoms with E-state index in [0.717, 1.165) is 26.2 Å². The summed E-state index contributed by atoms with van der Waals surface area (Å²) in [6.07, 6.45) is 2.73. The molecule has 6 heteroatoms. The van der Waals surface area contributed by atoms with Crippen LogP contribution in [0.1, 0.15) is 31.1 Å². The van der Waals surface area contributed by atoms with Gasteiger partial charge < -0.3 is 10.2 Å². The number of nitrogens with one attached hydrogen (secondary N) is 1. The Morgan fingerprint density at radius 2 is 2.29 bits per heavy atom. The van der Waals surface area contributed by atoms with Crippen molar-refractivity contribution in [2.24, 2.45) is 11.8 Å². The molecule has 5 nitrogen and oxygen atoms in total. The molecular formula is C18H27N3O2S. The van der Waals surface area contributed by atoms with Crippen molar-refractivity contribution in [2.45, 2.75) is 32.7 Å². The predicted octanol–water partition coefficient (Wildman–Crippen LogP) is 1.94. The first-order valence-electron chi connectivity index (χ1n) is 8.96. The summed E-state index contributed by atoms with van der Waals surface area (Å²) in [6.45, 7) is 7.18. The van der Waals surface area contributed by atoms with E-state index < -0.39 is 0 Å². The van der Waals surface area contributed by atoms with Gasteiger partial charge in [-0.3, -0.25) is 14.5 Å². The Kier molecular flexibility index (Phi) is 5.89. The molecule has 0 bridgehead atoms. The summed E-state index contributed by atoms with van der Waals surface area (Å²) in [6, 6.07) is 4.29. The molecule has 3 rings (SSSR count). The second kappa shape index (κ2) is 8.12. The first kappa shape index (κ1) is 17.4. The zero-order valence-corrected chi connectivity index (χ0v) is 15.2. The van der Waals surface area contributed by atoms with Gasteiger partial charge in [0.15, 0.2) is 0 Å². The summed E-state index contributed by atoms with van der Waals surface area (Å²) in [4.78, 5) is 29.8. The van der Waals surface area contributed by atoms with Gasteiger partial charge in [-0.05, 0) is 43.7 Å². The van der Waals surface area contributed by atoms with Crippen LogP contribution in [0.5, 0.6) is 0 Å². The Labute approximate surface area is 148 Å². The minimum Gasteiger partial charge on any atom is -0.355 e. The van der Waals surface area contributed by atoms with Crippen LogP contribution in [0.4, 0.5) is 0 Å². The lowest BCUT2D eigenvalue weighted by Crippen LogP contribution is -2.42. The average Bonchev–Trinajstić information content (AvgIpc) is 3.22. The number of likely N-dealkylation sites (tertiary alicyclic amines) is 2. The van der Waals surface area contributed by atoms with Gasteiger partial charge in [0.2, 0.25) is 11.8 Å². The molecule has 1 aromatic heterocycles. The molecule has 2 amide bonds. The topological polar surface area (TPSA) is 52.7 Å². The summed E-state index contributed by atoms with van der Waals surface area (Å²) in [7, 11) is 0. The molecule has 2 atom stereocenters. The van der Waals surface area contributed by atoms with Crippen LogP contribution in [0.25, 0.3) is 0 Å². The van der Waals surface area contributed by atoms with Gasteiger partial charge in [-0.1, -0.05) is 6.07 Å². The summed E-state index contributed by atoms with van der Waals surface area (Å²) in [5, 5.41) is 5.22. The largest absolute Gasteiger partial charge is 0.355 e. The Hall–Kier alpha value is -1.40. The van der Waals surface area contributed by atoms with Crippen molar-refractivity contribution in [1.29, 1.82) is 0 Å². The second-order valence-corrected chi connectivity index (χ2v) is 7.93. The fraction of sp³-hybridized carbons (Fsp3) is 0.667. The highest BCUT2D eigenvalue weighted by molar-refractivity contribution is 7.09. The maximum absolute atomic E-state index is 12.3. The smallest absolute Gasteiger partial charge is 0.225 e. The number of hydrogen-bond donors (Lipinski definition) is 1. The summed E-state index contributed by atoms with van der Waals surface area (Å²) in [5.74, 6) is 0.512. The Balaban J connectivity index is 1.42. The highest BCUT2D eigenvalue weighted by Gasteiger charge is 2.33. The highest BCUT2D eigenvalue weighted by Crippen LogP contribution is 2.21. The maximum atomic E-state index is 12.3. The van der Waals surface area contributed by atoms with Gasteiger partial charge in [0, 0.05) is 44.0 Å². The van der Waals surface area contributed by atoms with E-state index in [1.54, 1.807) is 4.90 Å². The van der Waals surface area contributed by atoms with Gasteiger partial charge in [-0.2, -0.15) is 0 Å². The van der Waals surface area contributed by atoms with Crippen molar-refractivity contribution in [2.75, 3.05) is 32.7 Å².